The van der Waals surface area contributed by atoms with E-state index in [-0.39, 0.29) is 51.0 Å². The summed E-state index contributed by atoms with van der Waals surface area (Å²) < 4.78 is 0. The number of allylic oxidation sites excluding steroid dienone is 7. The van der Waals surface area contributed by atoms with Crippen LogP contribution in [0.2, 0.25) is 13.1 Å². The Labute approximate surface area is 205 Å². The third-order valence-electron chi connectivity index (χ3n) is 5.50. The average Bonchev–Trinajstić information content (AvgIpc) is 3.37. The van der Waals surface area contributed by atoms with Crippen molar-refractivity contribution in [2.45, 2.75) is 25.9 Å². The molecule has 0 bridgehead atoms. The number of aliphatic imine (C=N–C) groups is 1. The summed E-state index contributed by atoms with van der Waals surface area (Å²) in [6.45, 7) is 4.80. The van der Waals surface area contributed by atoms with Crippen LogP contribution in [0.4, 0.5) is 0 Å². The van der Waals surface area contributed by atoms with Crippen molar-refractivity contribution in [1.29, 1.82) is 0 Å². The van der Waals surface area contributed by atoms with Crippen LogP contribution in [0.5, 0.6) is 0 Å². The summed E-state index contributed by atoms with van der Waals surface area (Å²) in [5, 5.41) is 4.19. The van der Waals surface area contributed by atoms with Crippen molar-refractivity contribution in [3.8, 4) is 0 Å². The van der Waals surface area contributed by atoms with E-state index in [1.165, 1.54) is 38.8 Å². The molecule has 0 amide bonds. The van der Waals surface area contributed by atoms with Gasteiger partial charge in [-0.2, -0.15) is 0 Å². The minimum absolute atomic E-state index is 0. The van der Waals surface area contributed by atoms with Crippen molar-refractivity contribution in [3.63, 3.8) is 0 Å². The van der Waals surface area contributed by atoms with Gasteiger partial charge in [-0.15, -0.1) is 0 Å². The largest absolute Gasteiger partial charge is 2.00 e. The predicted octanol–water partition coefficient (Wildman–Crippen LogP) is -0.373. The molecule has 144 valence electrons. The average molecular weight is 514 g/mol. The zero-order valence-corrected chi connectivity index (χ0v) is 21.4. The summed E-state index contributed by atoms with van der Waals surface area (Å²) in [4.78, 5) is 5.12. The fourth-order valence-electron chi connectivity index (χ4n) is 4.18. The monoisotopic (exact) mass is 511 g/mol. The van der Waals surface area contributed by atoms with Gasteiger partial charge in [-0.25, -0.2) is 4.99 Å². The second-order valence-corrected chi connectivity index (χ2v) is 9.97. The number of benzene rings is 2. The van der Waals surface area contributed by atoms with Crippen molar-refractivity contribution < 1.29 is 51.0 Å². The van der Waals surface area contributed by atoms with Crippen LogP contribution in [-0.4, -0.2) is 19.3 Å². The minimum Gasteiger partial charge on any atom is -1.00 e. The van der Waals surface area contributed by atoms with E-state index in [0.717, 1.165) is 18.6 Å². The molecule has 0 saturated heterocycles. The SMILES string of the molecule is C[Si](C)=C1CC=C2N=C(c3ccc4ccccc4c3)C(C3=CC=CC3)=C21.[Cl-].[Cl-].[Zr+2]. The molecule has 0 unspecified atom stereocenters. The summed E-state index contributed by atoms with van der Waals surface area (Å²) in [6, 6.07) is 15.3. The van der Waals surface area contributed by atoms with Gasteiger partial charge in [0.2, 0.25) is 0 Å². The number of fused-ring (bicyclic) bond motifs is 2. The van der Waals surface area contributed by atoms with Crippen LogP contribution in [0.15, 0.2) is 94.2 Å². The standard InChI is InChI=1S/C24H21NSi.2ClH.Zr/c1-26(2)21-14-13-20-23(21)22(17-8-4-5-9-17)24(25-20)19-12-11-16-7-3-6-10-18(16)15-19;;;/h3-8,10-13,15H,9,14H2,1-2H3;2*1H;/q;;;+2/p-2. The van der Waals surface area contributed by atoms with Gasteiger partial charge in [-0.05, 0) is 35.3 Å². The number of rotatable bonds is 2. The molecule has 1 nitrogen and oxygen atoms in total. The van der Waals surface area contributed by atoms with Crippen LogP contribution in [0.3, 0.4) is 0 Å². The smallest absolute Gasteiger partial charge is 1.00 e. The third-order valence-corrected chi connectivity index (χ3v) is 7.16. The minimum atomic E-state index is -0.479. The van der Waals surface area contributed by atoms with Crippen molar-refractivity contribution in [3.05, 3.63) is 94.7 Å². The number of hydrogen-bond donors (Lipinski definition) is 0. The summed E-state index contributed by atoms with van der Waals surface area (Å²) in [5.41, 5.74) is 7.84. The Morgan fingerprint density at radius 2 is 1.66 bits per heavy atom. The first-order chi connectivity index (χ1) is 12.7. The molecule has 0 radical (unpaired) electrons. The molecular weight excluding hydrogens is 492 g/mol. The van der Waals surface area contributed by atoms with Gasteiger partial charge in [-0.1, -0.05) is 79.0 Å². The molecule has 3 aliphatic rings. The molecule has 2 aromatic rings. The first-order valence-corrected chi connectivity index (χ1v) is 11.8. The molecule has 1 heterocycles. The Morgan fingerprint density at radius 1 is 0.897 bits per heavy atom. The van der Waals surface area contributed by atoms with Gasteiger partial charge in [0.15, 0.2) is 0 Å². The maximum Gasteiger partial charge on any atom is 2.00 e. The molecule has 0 saturated carbocycles. The molecule has 29 heavy (non-hydrogen) atoms. The topological polar surface area (TPSA) is 12.4 Å². The van der Waals surface area contributed by atoms with E-state index in [1.807, 2.05) is 0 Å². The Morgan fingerprint density at radius 3 is 2.34 bits per heavy atom. The molecule has 5 rings (SSSR count). The zero-order valence-electron chi connectivity index (χ0n) is 16.5. The van der Waals surface area contributed by atoms with Gasteiger partial charge in [0, 0.05) is 25.1 Å². The number of halogens is 2. The Hall–Kier alpha value is -1.12. The van der Waals surface area contributed by atoms with E-state index >= 15 is 0 Å². The summed E-state index contributed by atoms with van der Waals surface area (Å²) in [7, 11) is -0.479. The van der Waals surface area contributed by atoms with Crippen LogP contribution in [0.1, 0.15) is 18.4 Å². The molecule has 0 N–H and O–H groups in total. The first kappa shape index (κ1) is 24.2. The fraction of sp³-hybridized carbons (Fsp3) is 0.167. The van der Waals surface area contributed by atoms with E-state index in [9.17, 15) is 0 Å². The van der Waals surface area contributed by atoms with E-state index in [1.54, 1.807) is 5.17 Å². The molecule has 2 aliphatic carbocycles. The fourth-order valence-corrected chi connectivity index (χ4v) is 5.44. The maximum absolute atomic E-state index is 5.12. The predicted molar refractivity (Wildman–Crippen MR) is 115 cm³/mol. The molecule has 1 aliphatic heterocycles. The second-order valence-electron chi connectivity index (χ2n) is 7.37. The quantitative estimate of drug-likeness (QED) is 0.486. The van der Waals surface area contributed by atoms with E-state index in [4.69, 9.17) is 4.99 Å². The van der Waals surface area contributed by atoms with Gasteiger partial charge in [-0.3, -0.25) is 0 Å². The van der Waals surface area contributed by atoms with Crippen LogP contribution < -0.4 is 24.8 Å². The van der Waals surface area contributed by atoms with E-state index < -0.39 is 8.41 Å². The molecule has 0 atom stereocenters. The molecule has 0 fully saturated rings. The van der Waals surface area contributed by atoms with Crippen LogP contribution in [-0.2, 0) is 26.2 Å². The third kappa shape index (κ3) is 4.21. The second kappa shape index (κ2) is 9.79. The molecule has 5 heteroatoms. The molecule has 0 aromatic heterocycles. The van der Waals surface area contributed by atoms with E-state index in [0.29, 0.717) is 0 Å². The normalized spacial score (nSPS) is 16.5. The number of nitrogens with zero attached hydrogens (tertiary/aromatic N) is 1. The Balaban J connectivity index is 0.000001000. The van der Waals surface area contributed by atoms with Gasteiger partial charge in [0.05, 0.1) is 11.4 Å². The summed E-state index contributed by atoms with van der Waals surface area (Å²) in [6.07, 6.45) is 11.1. The van der Waals surface area contributed by atoms with Gasteiger partial charge >= 0.3 is 26.2 Å². The van der Waals surface area contributed by atoms with E-state index in [2.05, 4.69) is 79.9 Å². The number of hydrogen-bond acceptors (Lipinski definition) is 1. The first-order valence-electron chi connectivity index (χ1n) is 9.28. The zero-order chi connectivity index (χ0) is 17.7. The van der Waals surface area contributed by atoms with Crippen LogP contribution >= 0.6 is 0 Å². The maximum atomic E-state index is 5.12. The molecular formula is C24H21Cl2NSiZr. The Kier molecular flexibility index (Phi) is 8.15. The van der Waals surface area contributed by atoms with Crippen molar-refractivity contribution >= 4 is 30.1 Å². The van der Waals surface area contributed by atoms with Crippen LogP contribution in [0.25, 0.3) is 10.8 Å². The van der Waals surface area contributed by atoms with Crippen LogP contribution in [0, 0.1) is 0 Å². The van der Waals surface area contributed by atoms with Crippen molar-refractivity contribution in [2.75, 3.05) is 0 Å². The van der Waals surface area contributed by atoms with Crippen molar-refractivity contribution in [2.24, 2.45) is 4.99 Å². The van der Waals surface area contributed by atoms with Crippen molar-refractivity contribution in [1.82, 2.24) is 0 Å². The molecule has 0 spiro atoms. The Bertz CT molecular complexity index is 1150. The molecule has 2 aromatic carbocycles. The summed E-state index contributed by atoms with van der Waals surface area (Å²) in [5.74, 6) is 0. The van der Waals surface area contributed by atoms with Gasteiger partial charge in [0.25, 0.3) is 0 Å². The van der Waals surface area contributed by atoms with Gasteiger partial charge in [0.1, 0.15) is 0 Å². The summed E-state index contributed by atoms with van der Waals surface area (Å²) >= 11 is 0. The van der Waals surface area contributed by atoms with Gasteiger partial charge < -0.3 is 24.8 Å².